The van der Waals surface area contributed by atoms with E-state index in [1.807, 2.05) is 0 Å². The molecule has 1 rings (SSSR count). The Kier molecular flexibility index (Phi) is 9.57. The first-order chi connectivity index (χ1) is 8.65. The zero-order valence-corrected chi connectivity index (χ0v) is 13.6. The summed E-state index contributed by atoms with van der Waals surface area (Å²) in [6.45, 7) is 2.81. The molecule has 1 aromatic carbocycles. The first-order valence-electron chi connectivity index (χ1n) is 6.26. The summed E-state index contributed by atoms with van der Waals surface area (Å²) < 4.78 is 0. The zero-order chi connectivity index (χ0) is 13.4. The third kappa shape index (κ3) is 6.76. The molecule has 0 fully saturated rings. The maximum absolute atomic E-state index is 11.7. The van der Waals surface area contributed by atoms with Crippen molar-refractivity contribution in [2.24, 2.45) is 0 Å². The Morgan fingerprint density at radius 3 is 2.21 bits per heavy atom. The number of carbonyl (C=O) groups excluding carboxylic acids is 1. The van der Waals surface area contributed by atoms with Crippen LogP contribution in [-0.2, 0) is 0 Å². The first-order valence-corrected chi connectivity index (χ1v) is 6.26. The van der Waals surface area contributed by atoms with Crippen LogP contribution < -0.4 is 34.9 Å². The molecule has 1 amide bonds. The summed E-state index contributed by atoms with van der Waals surface area (Å²) in [6.07, 6.45) is 4.45. The first kappa shape index (κ1) is 18.2. The van der Waals surface area contributed by atoms with E-state index < -0.39 is 5.97 Å². The number of aromatic carboxylic acids is 1. The summed E-state index contributed by atoms with van der Waals surface area (Å²) in [7, 11) is 0. The number of rotatable bonds is 7. The SMILES string of the molecule is CCCCCCNC(=O)c1ccc(C(=O)O)cc1.[H-].[Na+]. The Labute approximate surface area is 137 Å². The smallest absolute Gasteiger partial charge is 1.00 e. The topological polar surface area (TPSA) is 66.4 Å². The number of hydrogen-bond acceptors (Lipinski definition) is 2. The van der Waals surface area contributed by atoms with Crippen LogP contribution in [0.2, 0.25) is 0 Å². The molecule has 4 nitrogen and oxygen atoms in total. The third-order valence-corrected chi connectivity index (χ3v) is 2.71. The van der Waals surface area contributed by atoms with Crippen LogP contribution in [0.5, 0.6) is 0 Å². The number of carboxylic acid groups (broad SMARTS) is 1. The predicted molar refractivity (Wildman–Crippen MR) is 71.0 cm³/mol. The van der Waals surface area contributed by atoms with Gasteiger partial charge in [0.05, 0.1) is 5.56 Å². The van der Waals surface area contributed by atoms with Crippen LogP contribution in [0.3, 0.4) is 0 Å². The number of carboxylic acids is 1. The van der Waals surface area contributed by atoms with E-state index in [-0.39, 0.29) is 42.5 Å². The van der Waals surface area contributed by atoms with Crippen molar-refractivity contribution < 1.29 is 45.7 Å². The van der Waals surface area contributed by atoms with Crippen LogP contribution in [0.25, 0.3) is 0 Å². The van der Waals surface area contributed by atoms with Crippen molar-refractivity contribution >= 4 is 11.9 Å². The normalized spacial score (nSPS) is 9.53. The van der Waals surface area contributed by atoms with E-state index in [0.29, 0.717) is 12.1 Å². The van der Waals surface area contributed by atoms with Crippen molar-refractivity contribution in [2.45, 2.75) is 32.6 Å². The van der Waals surface area contributed by atoms with Gasteiger partial charge in [-0.05, 0) is 30.7 Å². The molecule has 0 aromatic heterocycles. The van der Waals surface area contributed by atoms with Crippen molar-refractivity contribution in [1.29, 1.82) is 0 Å². The second kappa shape index (κ2) is 10.0. The van der Waals surface area contributed by atoms with E-state index in [0.717, 1.165) is 12.8 Å². The Hall–Kier alpha value is -0.840. The molecule has 1 aromatic rings. The van der Waals surface area contributed by atoms with E-state index in [4.69, 9.17) is 5.11 Å². The molecule has 19 heavy (non-hydrogen) atoms. The second-order valence-electron chi connectivity index (χ2n) is 4.20. The van der Waals surface area contributed by atoms with E-state index >= 15 is 0 Å². The molecule has 0 aliphatic heterocycles. The van der Waals surface area contributed by atoms with Crippen LogP contribution in [0.1, 0.15) is 54.7 Å². The van der Waals surface area contributed by atoms with Gasteiger partial charge in [-0.25, -0.2) is 4.79 Å². The van der Waals surface area contributed by atoms with E-state index in [9.17, 15) is 9.59 Å². The number of amides is 1. The molecule has 0 bridgehead atoms. The summed E-state index contributed by atoms with van der Waals surface area (Å²) in [5.41, 5.74) is 0.685. The van der Waals surface area contributed by atoms with E-state index in [1.54, 1.807) is 0 Å². The average molecular weight is 273 g/mol. The average Bonchev–Trinajstić information content (AvgIpc) is 2.38. The number of hydrogen-bond donors (Lipinski definition) is 2. The minimum absolute atomic E-state index is 0. The maximum Gasteiger partial charge on any atom is 1.00 e. The van der Waals surface area contributed by atoms with Gasteiger partial charge in [-0.2, -0.15) is 0 Å². The number of nitrogens with one attached hydrogen (secondary N) is 1. The number of unbranched alkanes of at least 4 members (excludes halogenated alkanes) is 3. The van der Waals surface area contributed by atoms with Crippen LogP contribution in [-0.4, -0.2) is 23.5 Å². The molecule has 0 atom stereocenters. The summed E-state index contributed by atoms with van der Waals surface area (Å²) >= 11 is 0. The molecular weight excluding hydrogens is 253 g/mol. The maximum atomic E-state index is 11.7. The van der Waals surface area contributed by atoms with E-state index in [2.05, 4.69) is 12.2 Å². The monoisotopic (exact) mass is 273 g/mol. The molecule has 0 aliphatic rings. The fourth-order valence-electron chi connectivity index (χ4n) is 1.62. The summed E-state index contributed by atoms with van der Waals surface area (Å²) in [4.78, 5) is 22.4. The Morgan fingerprint density at radius 2 is 1.68 bits per heavy atom. The molecule has 100 valence electrons. The molecule has 2 N–H and O–H groups in total. The number of carbonyl (C=O) groups is 2. The Bertz CT molecular complexity index is 409. The van der Waals surface area contributed by atoms with Crippen molar-refractivity contribution in [3.8, 4) is 0 Å². The van der Waals surface area contributed by atoms with Gasteiger partial charge in [0.2, 0.25) is 0 Å². The summed E-state index contributed by atoms with van der Waals surface area (Å²) in [5.74, 6) is -1.13. The third-order valence-electron chi connectivity index (χ3n) is 2.71. The summed E-state index contributed by atoms with van der Waals surface area (Å²) in [6, 6.07) is 5.94. The van der Waals surface area contributed by atoms with Gasteiger partial charge in [-0.15, -0.1) is 0 Å². The standard InChI is InChI=1S/C14H19NO3.Na.H/c1-2-3-4-5-10-15-13(16)11-6-8-12(9-7-11)14(17)18;;/h6-9H,2-5,10H2,1H3,(H,15,16)(H,17,18);;/q;+1;-1. The quantitative estimate of drug-likeness (QED) is 0.534. The molecule has 0 heterocycles. The minimum atomic E-state index is -0.985. The Morgan fingerprint density at radius 1 is 1.11 bits per heavy atom. The fraction of sp³-hybridized carbons (Fsp3) is 0.429. The van der Waals surface area contributed by atoms with E-state index in [1.165, 1.54) is 37.1 Å². The summed E-state index contributed by atoms with van der Waals surface area (Å²) in [5, 5.41) is 11.6. The van der Waals surface area contributed by atoms with Gasteiger partial charge in [0.1, 0.15) is 0 Å². The molecule has 0 aliphatic carbocycles. The predicted octanol–water partition coefficient (Wildman–Crippen LogP) is -0.189. The molecule has 0 saturated carbocycles. The molecule has 0 spiro atoms. The van der Waals surface area contributed by atoms with Crippen molar-refractivity contribution in [3.05, 3.63) is 35.4 Å². The fourth-order valence-corrected chi connectivity index (χ4v) is 1.62. The van der Waals surface area contributed by atoms with Crippen molar-refractivity contribution in [1.82, 2.24) is 5.32 Å². The van der Waals surface area contributed by atoms with Crippen LogP contribution in [0.15, 0.2) is 24.3 Å². The van der Waals surface area contributed by atoms with Gasteiger partial charge in [0, 0.05) is 12.1 Å². The van der Waals surface area contributed by atoms with Gasteiger partial charge < -0.3 is 11.8 Å². The van der Waals surface area contributed by atoms with Crippen LogP contribution >= 0.6 is 0 Å². The molecule has 0 radical (unpaired) electrons. The van der Waals surface area contributed by atoms with Gasteiger partial charge in [0.25, 0.3) is 5.91 Å². The minimum Gasteiger partial charge on any atom is -1.00 e. The van der Waals surface area contributed by atoms with Gasteiger partial charge >= 0.3 is 35.5 Å². The zero-order valence-electron chi connectivity index (χ0n) is 12.6. The molecule has 5 heteroatoms. The van der Waals surface area contributed by atoms with Gasteiger partial charge in [0.15, 0.2) is 0 Å². The molecule has 0 unspecified atom stereocenters. The van der Waals surface area contributed by atoms with Crippen LogP contribution in [0.4, 0.5) is 0 Å². The molecule has 0 saturated heterocycles. The molecular formula is C14H20NNaO3. The van der Waals surface area contributed by atoms with Crippen molar-refractivity contribution in [3.63, 3.8) is 0 Å². The second-order valence-corrected chi connectivity index (χ2v) is 4.20. The largest absolute Gasteiger partial charge is 1.00 e. The van der Waals surface area contributed by atoms with Gasteiger partial charge in [-0.3, -0.25) is 4.79 Å². The Balaban J connectivity index is 0. The van der Waals surface area contributed by atoms with Crippen molar-refractivity contribution in [2.75, 3.05) is 6.54 Å². The number of benzene rings is 1. The van der Waals surface area contributed by atoms with Crippen LogP contribution in [0, 0.1) is 0 Å². The van der Waals surface area contributed by atoms with Gasteiger partial charge in [-0.1, -0.05) is 26.2 Å².